The van der Waals surface area contributed by atoms with Crippen molar-refractivity contribution in [3.05, 3.63) is 35.7 Å². The molecule has 1 aromatic heterocycles. The number of aromatic nitrogens is 1. The Balaban J connectivity index is 3.03. The molecule has 0 fully saturated rings. The van der Waals surface area contributed by atoms with Crippen LogP contribution < -0.4 is 5.32 Å². The van der Waals surface area contributed by atoms with Gasteiger partial charge in [0.25, 0.3) is 0 Å². The SMILES string of the molecule is C=Cc1ccc(C)nc1CNC. The maximum absolute atomic E-state index is 4.40. The van der Waals surface area contributed by atoms with Crippen molar-refractivity contribution < 1.29 is 0 Å². The molecule has 12 heavy (non-hydrogen) atoms. The molecule has 64 valence electrons. The molecule has 0 aliphatic heterocycles. The standard InChI is InChI=1S/C10H14N2/c1-4-9-6-5-8(2)12-10(9)7-11-3/h4-6,11H,1,7H2,2-3H3. The zero-order chi connectivity index (χ0) is 8.97. The summed E-state index contributed by atoms with van der Waals surface area (Å²) in [5.74, 6) is 0. The lowest BCUT2D eigenvalue weighted by Gasteiger charge is -2.04. The van der Waals surface area contributed by atoms with E-state index in [1.807, 2.05) is 32.2 Å². The van der Waals surface area contributed by atoms with Gasteiger partial charge < -0.3 is 5.32 Å². The van der Waals surface area contributed by atoms with Crippen LogP contribution in [-0.2, 0) is 6.54 Å². The molecule has 0 aromatic carbocycles. The first-order chi connectivity index (χ1) is 5.77. The number of nitrogens with zero attached hydrogens (tertiary/aromatic N) is 1. The summed E-state index contributed by atoms with van der Waals surface area (Å²) in [6.07, 6.45) is 1.83. The predicted octanol–water partition coefficient (Wildman–Crippen LogP) is 1.75. The zero-order valence-electron chi connectivity index (χ0n) is 7.59. The van der Waals surface area contributed by atoms with Crippen molar-refractivity contribution in [3.63, 3.8) is 0 Å². The van der Waals surface area contributed by atoms with Gasteiger partial charge in [0.2, 0.25) is 0 Å². The second-order valence-electron chi connectivity index (χ2n) is 2.72. The van der Waals surface area contributed by atoms with E-state index in [4.69, 9.17) is 0 Å². The molecule has 1 rings (SSSR count). The molecule has 0 saturated heterocycles. The van der Waals surface area contributed by atoms with Crippen LogP contribution >= 0.6 is 0 Å². The molecule has 0 radical (unpaired) electrons. The van der Waals surface area contributed by atoms with E-state index in [-0.39, 0.29) is 0 Å². The quantitative estimate of drug-likeness (QED) is 0.732. The van der Waals surface area contributed by atoms with E-state index >= 15 is 0 Å². The maximum Gasteiger partial charge on any atom is 0.0616 e. The molecule has 0 unspecified atom stereocenters. The Kier molecular flexibility index (Phi) is 3.00. The molecule has 0 atom stereocenters. The van der Waals surface area contributed by atoms with Crippen molar-refractivity contribution in [3.8, 4) is 0 Å². The van der Waals surface area contributed by atoms with Gasteiger partial charge in [-0.15, -0.1) is 0 Å². The van der Waals surface area contributed by atoms with Crippen LogP contribution in [0.2, 0.25) is 0 Å². The van der Waals surface area contributed by atoms with Crippen molar-refractivity contribution in [1.82, 2.24) is 10.3 Å². The average molecular weight is 162 g/mol. The lowest BCUT2D eigenvalue weighted by atomic mass is 10.1. The van der Waals surface area contributed by atoms with Gasteiger partial charge in [0.1, 0.15) is 0 Å². The topological polar surface area (TPSA) is 24.9 Å². The summed E-state index contributed by atoms with van der Waals surface area (Å²) >= 11 is 0. The molecule has 0 spiro atoms. The summed E-state index contributed by atoms with van der Waals surface area (Å²) in [4.78, 5) is 4.40. The Morgan fingerprint density at radius 1 is 1.58 bits per heavy atom. The highest BCUT2D eigenvalue weighted by Gasteiger charge is 1.98. The number of aryl methyl sites for hydroxylation is 1. The van der Waals surface area contributed by atoms with Gasteiger partial charge in [0.05, 0.1) is 5.69 Å². The van der Waals surface area contributed by atoms with Crippen molar-refractivity contribution in [1.29, 1.82) is 0 Å². The Bertz CT molecular complexity index is 279. The van der Waals surface area contributed by atoms with E-state index in [1.54, 1.807) is 0 Å². The minimum atomic E-state index is 0.795. The summed E-state index contributed by atoms with van der Waals surface area (Å²) in [6.45, 7) is 6.52. The van der Waals surface area contributed by atoms with Crippen molar-refractivity contribution >= 4 is 6.08 Å². The molecule has 1 aromatic rings. The summed E-state index contributed by atoms with van der Waals surface area (Å²) < 4.78 is 0. The van der Waals surface area contributed by atoms with E-state index in [0.29, 0.717) is 0 Å². The highest BCUT2D eigenvalue weighted by atomic mass is 14.9. The number of hydrogen-bond acceptors (Lipinski definition) is 2. The molecular weight excluding hydrogens is 148 g/mol. The molecule has 2 heteroatoms. The molecule has 0 amide bonds. The lowest BCUT2D eigenvalue weighted by Crippen LogP contribution is -2.09. The van der Waals surface area contributed by atoms with Crippen molar-refractivity contribution in [2.45, 2.75) is 13.5 Å². The monoisotopic (exact) mass is 162 g/mol. The third-order valence-electron chi connectivity index (χ3n) is 1.71. The smallest absolute Gasteiger partial charge is 0.0616 e. The van der Waals surface area contributed by atoms with E-state index in [2.05, 4.69) is 16.9 Å². The Labute approximate surface area is 73.3 Å². The molecule has 1 heterocycles. The van der Waals surface area contributed by atoms with E-state index in [0.717, 1.165) is 23.5 Å². The Hall–Kier alpha value is -1.15. The molecular formula is C10H14N2. The highest BCUT2D eigenvalue weighted by Crippen LogP contribution is 2.08. The summed E-state index contributed by atoms with van der Waals surface area (Å²) in [5, 5.41) is 3.08. The normalized spacial score (nSPS) is 9.83. The average Bonchev–Trinajstić information content (AvgIpc) is 2.05. The molecule has 0 bridgehead atoms. The van der Waals surface area contributed by atoms with Gasteiger partial charge in [-0.25, -0.2) is 0 Å². The molecule has 0 saturated carbocycles. The second kappa shape index (κ2) is 4.02. The molecule has 0 aliphatic rings. The first kappa shape index (κ1) is 8.94. The van der Waals surface area contributed by atoms with Gasteiger partial charge in [-0.05, 0) is 25.6 Å². The Morgan fingerprint density at radius 2 is 2.33 bits per heavy atom. The molecule has 0 aliphatic carbocycles. The van der Waals surface area contributed by atoms with Crippen LogP contribution in [0.1, 0.15) is 17.0 Å². The summed E-state index contributed by atoms with van der Waals surface area (Å²) in [5.41, 5.74) is 3.22. The van der Waals surface area contributed by atoms with Crippen LogP contribution in [0, 0.1) is 6.92 Å². The fraction of sp³-hybridized carbons (Fsp3) is 0.300. The van der Waals surface area contributed by atoms with Crippen LogP contribution in [0.25, 0.3) is 6.08 Å². The van der Waals surface area contributed by atoms with Crippen LogP contribution in [-0.4, -0.2) is 12.0 Å². The largest absolute Gasteiger partial charge is 0.314 e. The summed E-state index contributed by atoms with van der Waals surface area (Å²) in [6, 6.07) is 4.04. The van der Waals surface area contributed by atoms with Crippen LogP contribution in [0.3, 0.4) is 0 Å². The highest BCUT2D eigenvalue weighted by molar-refractivity contribution is 5.49. The number of pyridine rings is 1. The molecule has 2 nitrogen and oxygen atoms in total. The minimum Gasteiger partial charge on any atom is -0.314 e. The lowest BCUT2D eigenvalue weighted by molar-refractivity contribution is 0.785. The first-order valence-corrected chi connectivity index (χ1v) is 4.01. The third-order valence-corrected chi connectivity index (χ3v) is 1.71. The Morgan fingerprint density at radius 3 is 2.92 bits per heavy atom. The first-order valence-electron chi connectivity index (χ1n) is 4.01. The van der Waals surface area contributed by atoms with Crippen LogP contribution in [0.5, 0.6) is 0 Å². The van der Waals surface area contributed by atoms with Gasteiger partial charge in [-0.1, -0.05) is 18.7 Å². The van der Waals surface area contributed by atoms with Crippen molar-refractivity contribution in [2.75, 3.05) is 7.05 Å². The van der Waals surface area contributed by atoms with E-state index in [1.165, 1.54) is 0 Å². The van der Waals surface area contributed by atoms with Gasteiger partial charge in [-0.2, -0.15) is 0 Å². The van der Waals surface area contributed by atoms with Gasteiger partial charge in [-0.3, -0.25) is 4.98 Å². The van der Waals surface area contributed by atoms with Gasteiger partial charge in [0.15, 0.2) is 0 Å². The minimum absolute atomic E-state index is 0.795. The van der Waals surface area contributed by atoms with E-state index in [9.17, 15) is 0 Å². The second-order valence-corrected chi connectivity index (χ2v) is 2.72. The van der Waals surface area contributed by atoms with Gasteiger partial charge in [0, 0.05) is 12.2 Å². The summed E-state index contributed by atoms with van der Waals surface area (Å²) in [7, 11) is 1.91. The fourth-order valence-electron chi connectivity index (χ4n) is 1.12. The van der Waals surface area contributed by atoms with Gasteiger partial charge >= 0.3 is 0 Å². The number of hydrogen-bond donors (Lipinski definition) is 1. The van der Waals surface area contributed by atoms with Crippen LogP contribution in [0.4, 0.5) is 0 Å². The van der Waals surface area contributed by atoms with E-state index < -0.39 is 0 Å². The van der Waals surface area contributed by atoms with Crippen LogP contribution in [0.15, 0.2) is 18.7 Å². The predicted molar refractivity (Wildman–Crippen MR) is 51.8 cm³/mol. The number of nitrogens with one attached hydrogen (secondary N) is 1. The third kappa shape index (κ3) is 1.92. The number of rotatable bonds is 3. The molecule has 1 N–H and O–H groups in total. The van der Waals surface area contributed by atoms with Crippen molar-refractivity contribution in [2.24, 2.45) is 0 Å². The fourth-order valence-corrected chi connectivity index (χ4v) is 1.12. The maximum atomic E-state index is 4.40. The zero-order valence-corrected chi connectivity index (χ0v) is 7.59.